The lowest BCUT2D eigenvalue weighted by Gasteiger charge is -2.05. The summed E-state index contributed by atoms with van der Waals surface area (Å²) in [7, 11) is 0. The van der Waals surface area contributed by atoms with Gasteiger partial charge >= 0.3 is 12.1 Å². The molecule has 0 bridgehead atoms. The molecule has 0 aliphatic rings. The van der Waals surface area contributed by atoms with E-state index in [1.807, 2.05) is 6.92 Å². The van der Waals surface area contributed by atoms with E-state index >= 15 is 0 Å². The molecule has 2 N–H and O–H groups in total. The first-order valence-corrected chi connectivity index (χ1v) is 4.90. The third-order valence-corrected chi connectivity index (χ3v) is 1.82. The molecule has 0 atom stereocenters. The number of carbonyl (C=O) groups excluding carboxylic acids is 1. The van der Waals surface area contributed by atoms with Crippen LogP contribution in [0.3, 0.4) is 0 Å². The van der Waals surface area contributed by atoms with Gasteiger partial charge in [0.2, 0.25) is 0 Å². The Morgan fingerprint density at radius 2 is 1.94 bits per heavy atom. The van der Waals surface area contributed by atoms with E-state index in [1.165, 1.54) is 24.3 Å². The van der Waals surface area contributed by atoms with Crippen LogP contribution < -0.4 is 5.32 Å². The molecule has 0 aliphatic carbocycles. The number of anilines is 1. The van der Waals surface area contributed by atoms with Crippen molar-refractivity contribution in [3.8, 4) is 0 Å². The molecule has 1 amide bonds. The van der Waals surface area contributed by atoms with Gasteiger partial charge in [-0.25, -0.2) is 9.59 Å². The largest absolute Gasteiger partial charge is 0.478 e. The van der Waals surface area contributed by atoms with Crippen molar-refractivity contribution in [3.63, 3.8) is 0 Å². The quantitative estimate of drug-likeness (QED) is 0.821. The molecule has 0 spiro atoms. The zero-order valence-corrected chi connectivity index (χ0v) is 8.90. The summed E-state index contributed by atoms with van der Waals surface area (Å²) in [5, 5.41) is 11.2. The van der Waals surface area contributed by atoms with E-state index in [1.54, 1.807) is 0 Å². The number of carboxylic acids is 1. The third kappa shape index (κ3) is 3.61. The lowest BCUT2D eigenvalue weighted by Crippen LogP contribution is -2.14. The maximum absolute atomic E-state index is 11.1. The maximum atomic E-state index is 11.1. The zero-order valence-electron chi connectivity index (χ0n) is 8.90. The van der Waals surface area contributed by atoms with Crippen LogP contribution in [-0.2, 0) is 4.74 Å². The molecule has 5 heteroatoms. The van der Waals surface area contributed by atoms with E-state index in [0.717, 1.165) is 6.42 Å². The molecule has 0 saturated heterocycles. The minimum atomic E-state index is -1.000. The summed E-state index contributed by atoms with van der Waals surface area (Å²) in [4.78, 5) is 21.7. The van der Waals surface area contributed by atoms with Crippen LogP contribution in [0.4, 0.5) is 10.5 Å². The van der Waals surface area contributed by atoms with Gasteiger partial charge in [0.1, 0.15) is 0 Å². The van der Waals surface area contributed by atoms with Crippen LogP contribution in [0, 0.1) is 0 Å². The lowest BCUT2D eigenvalue weighted by atomic mass is 10.2. The standard InChI is InChI=1S/C11H13NO4/c1-2-7-16-11(15)12-9-5-3-8(4-6-9)10(13)14/h3-6H,2,7H2,1H3,(H,12,15)(H,13,14). The van der Waals surface area contributed by atoms with Gasteiger partial charge in [0.25, 0.3) is 0 Å². The second-order valence-corrected chi connectivity index (χ2v) is 3.14. The number of amides is 1. The average Bonchev–Trinajstić information content (AvgIpc) is 2.27. The number of carbonyl (C=O) groups is 2. The van der Waals surface area contributed by atoms with Crippen LogP contribution in [0.15, 0.2) is 24.3 Å². The average molecular weight is 223 g/mol. The Morgan fingerprint density at radius 3 is 2.44 bits per heavy atom. The molecule has 1 aromatic rings. The van der Waals surface area contributed by atoms with Crippen LogP contribution in [-0.4, -0.2) is 23.8 Å². The van der Waals surface area contributed by atoms with Crippen LogP contribution in [0.1, 0.15) is 23.7 Å². The number of benzene rings is 1. The Balaban J connectivity index is 2.55. The van der Waals surface area contributed by atoms with E-state index in [9.17, 15) is 9.59 Å². The molecule has 1 rings (SSSR count). The Morgan fingerprint density at radius 1 is 1.31 bits per heavy atom. The van der Waals surface area contributed by atoms with Gasteiger partial charge in [-0.05, 0) is 30.7 Å². The van der Waals surface area contributed by atoms with E-state index in [4.69, 9.17) is 9.84 Å². The molecule has 1 aromatic carbocycles. The van der Waals surface area contributed by atoms with E-state index in [-0.39, 0.29) is 5.56 Å². The molecule has 0 aliphatic heterocycles. The van der Waals surface area contributed by atoms with Crippen molar-refractivity contribution in [2.75, 3.05) is 11.9 Å². The van der Waals surface area contributed by atoms with Crippen LogP contribution in [0.25, 0.3) is 0 Å². The first-order chi connectivity index (χ1) is 7.63. The number of nitrogens with one attached hydrogen (secondary N) is 1. The highest BCUT2D eigenvalue weighted by atomic mass is 16.5. The summed E-state index contributed by atoms with van der Waals surface area (Å²) in [6, 6.07) is 5.85. The molecule has 0 unspecified atom stereocenters. The molecular formula is C11H13NO4. The summed E-state index contributed by atoms with van der Waals surface area (Å²) in [6.07, 6.45) is 0.218. The summed E-state index contributed by atoms with van der Waals surface area (Å²) < 4.78 is 4.81. The second-order valence-electron chi connectivity index (χ2n) is 3.14. The molecule has 0 heterocycles. The maximum Gasteiger partial charge on any atom is 0.411 e. The highest BCUT2D eigenvalue weighted by Gasteiger charge is 2.04. The predicted molar refractivity (Wildman–Crippen MR) is 58.7 cm³/mol. The molecule has 16 heavy (non-hydrogen) atoms. The van der Waals surface area contributed by atoms with Gasteiger partial charge in [0.15, 0.2) is 0 Å². The van der Waals surface area contributed by atoms with Gasteiger partial charge in [-0.3, -0.25) is 5.32 Å². The van der Waals surface area contributed by atoms with Gasteiger partial charge in [-0.15, -0.1) is 0 Å². The summed E-state index contributed by atoms with van der Waals surface area (Å²) in [6.45, 7) is 2.26. The Labute approximate surface area is 93.0 Å². The van der Waals surface area contributed by atoms with E-state index in [0.29, 0.717) is 12.3 Å². The van der Waals surface area contributed by atoms with Crippen LogP contribution in [0.5, 0.6) is 0 Å². The van der Waals surface area contributed by atoms with Gasteiger partial charge in [-0.2, -0.15) is 0 Å². The Bertz CT molecular complexity index is 372. The smallest absolute Gasteiger partial charge is 0.411 e. The van der Waals surface area contributed by atoms with Gasteiger partial charge in [0, 0.05) is 5.69 Å². The molecule has 0 aromatic heterocycles. The van der Waals surface area contributed by atoms with E-state index < -0.39 is 12.1 Å². The molecule has 86 valence electrons. The summed E-state index contributed by atoms with van der Waals surface area (Å²) >= 11 is 0. The summed E-state index contributed by atoms with van der Waals surface area (Å²) in [5.41, 5.74) is 0.679. The lowest BCUT2D eigenvalue weighted by molar-refractivity contribution is 0.0697. The normalized spacial score (nSPS) is 9.56. The van der Waals surface area contributed by atoms with Crippen molar-refractivity contribution in [1.82, 2.24) is 0 Å². The Hall–Kier alpha value is -2.04. The highest BCUT2D eigenvalue weighted by Crippen LogP contribution is 2.09. The minimum absolute atomic E-state index is 0.174. The number of rotatable bonds is 4. The zero-order chi connectivity index (χ0) is 12.0. The second kappa shape index (κ2) is 5.75. The number of hydrogen-bond donors (Lipinski definition) is 2. The molecular weight excluding hydrogens is 210 g/mol. The molecule has 0 fully saturated rings. The number of ether oxygens (including phenoxy) is 1. The molecule has 0 radical (unpaired) electrons. The van der Waals surface area contributed by atoms with Gasteiger partial charge in [-0.1, -0.05) is 6.92 Å². The van der Waals surface area contributed by atoms with Gasteiger partial charge < -0.3 is 9.84 Å². The predicted octanol–water partition coefficient (Wildman–Crippen LogP) is 2.34. The van der Waals surface area contributed by atoms with Crippen LogP contribution >= 0.6 is 0 Å². The summed E-state index contributed by atoms with van der Waals surface area (Å²) in [5.74, 6) is -1.000. The van der Waals surface area contributed by atoms with Crippen molar-refractivity contribution >= 4 is 17.7 Å². The minimum Gasteiger partial charge on any atom is -0.478 e. The fourth-order valence-corrected chi connectivity index (χ4v) is 1.04. The third-order valence-electron chi connectivity index (χ3n) is 1.82. The van der Waals surface area contributed by atoms with Crippen molar-refractivity contribution in [3.05, 3.63) is 29.8 Å². The fourth-order valence-electron chi connectivity index (χ4n) is 1.04. The van der Waals surface area contributed by atoms with Gasteiger partial charge in [0.05, 0.1) is 12.2 Å². The van der Waals surface area contributed by atoms with Crippen LogP contribution in [0.2, 0.25) is 0 Å². The monoisotopic (exact) mass is 223 g/mol. The van der Waals surface area contributed by atoms with Crippen molar-refractivity contribution in [1.29, 1.82) is 0 Å². The number of hydrogen-bond acceptors (Lipinski definition) is 3. The Kier molecular flexibility index (Phi) is 4.32. The topological polar surface area (TPSA) is 75.6 Å². The first-order valence-electron chi connectivity index (χ1n) is 4.90. The number of aromatic carboxylic acids is 1. The van der Waals surface area contributed by atoms with Crippen molar-refractivity contribution in [2.24, 2.45) is 0 Å². The SMILES string of the molecule is CCCOC(=O)Nc1ccc(C(=O)O)cc1. The first kappa shape index (κ1) is 12.0. The number of carboxylic acid groups (broad SMARTS) is 1. The molecule has 5 nitrogen and oxygen atoms in total. The van der Waals surface area contributed by atoms with Crippen molar-refractivity contribution in [2.45, 2.75) is 13.3 Å². The van der Waals surface area contributed by atoms with Crippen molar-refractivity contribution < 1.29 is 19.4 Å². The highest BCUT2D eigenvalue weighted by molar-refractivity contribution is 5.89. The fraction of sp³-hybridized carbons (Fsp3) is 0.273. The molecule has 0 saturated carbocycles. The van der Waals surface area contributed by atoms with E-state index in [2.05, 4.69) is 5.32 Å².